The number of carbonyl (C=O) groups is 1. The van der Waals surface area contributed by atoms with Crippen LogP contribution in [0.1, 0.15) is 23.2 Å². The van der Waals surface area contributed by atoms with E-state index in [1.807, 2.05) is 0 Å². The molecule has 1 amide bonds. The molecule has 3 rings (SSSR count). The second kappa shape index (κ2) is 6.14. The SMILES string of the molecule is Cn1cc(C(=O)NS(=O)(=O)C2CCNCC2)c2cccc(Cl)c21. The minimum Gasteiger partial charge on any atom is -0.349 e. The molecule has 1 aromatic heterocycles. The predicted octanol–water partition coefficient (Wildman–Crippen LogP) is 1.64. The van der Waals surface area contributed by atoms with Crippen LogP contribution in [0.3, 0.4) is 0 Å². The third-order valence-electron chi connectivity index (χ3n) is 4.16. The van der Waals surface area contributed by atoms with Crippen LogP contribution in [0.15, 0.2) is 24.4 Å². The van der Waals surface area contributed by atoms with E-state index in [0.717, 1.165) is 0 Å². The van der Waals surface area contributed by atoms with Crippen molar-refractivity contribution in [3.05, 3.63) is 35.0 Å². The number of hydrogen-bond donors (Lipinski definition) is 2. The summed E-state index contributed by atoms with van der Waals surface area (Å²) in [6, 6.07) is 5.23. The van der Waals surface area contributed by atoms with E-state index in [2.05, 4.69) is 10.0 Å². The standard InChI is InChI=1S/C15H18ClN3O3S/c1-19-9-12(11-3-2-4-13(16)14(11)19)15(20)18-23(21,22)10-5-7-17-8-6-10/h2-4,9-10,17H,5-8H2,1H3,(H,18,20). The Bertz CT molecular complexity index is 854. The van der Waals surface area contributed by atoms with E-state index in [-0.39, 0.29) is 0 Å². The van der Waals surface area contributed by atoms with E-state index < -0.39 is 21.2 Å². The van der Waals surface area contributed by atoms with Crippen molar-refractivity contribution in [1.82, 2.24) is 14.6 Å². The van der Waals surface area contributed by atoms with Crippen molar-refractivity contribution in [1.29, 1.82) is 0 Å². The Morgan fingerprint density at radius 3 is 2.74 bits per heavy atom. The lowest BCUT2D eigenvalue weighted by molar-refractivity contribution is 0.0982. The van der Waals surface area contributed by atoms with Crippen molar-refractivity contribution in [3.8, 4) is 0 Å². The molecule has 8 heteroatoms. The van der Waals surface area contributed by atoms with Crippen LogP contribution < -0.4 is 10.0 Å². The lowest BCUT2D eigenvalue weighted by Crippen LogP contribution is -2.43. The number of nitrogens with one attached hydrogen (secondary N) is 2. The Kier molecular flexibility index (Phi) is 4.35. The molecule has 124 valence electrons. The molecule has 0 unspecified atom stereocenters. The maximum absolute atomic E-state index is 12.5. The van der Waals surface area contributed by atoms with Gasteiger partial charge in [-0.1, -0.05) is 23.7 Å². The molecule has 0 spiro atoms. The van der Waals surface area contributed by atoms with Crippen LogP contribution in [0.5, 0.6) is 0 Å². The number of halogens is 1. The monoisotopic (exact) mass is 355 g/mol. The molecule has 0 saturated carbocycles. The summed E-state index contributed by atoms with van der Waals surface area (Å²) < 4.78 is 28.7. The summed E-state index contributed by atoms with van der Waals surface area (Å²) in [7, 11) is -1.91. The molecule has 0 bridgehead atoms. The Hall–Kier alpha value is -1.57. The number of benzene rings is 1. The normalized spacial score (nSPS) is 16.6. The molecule has 1 saturated heterocycles. The molecule has 0 radical (unpaired) electrons. The molecule has 1 aliphatic rings. The second-order valence-electron chi connectivity index (χ2n) is 5.72. The van der Waals surface area contributed by atoms with E-state index in [1.165, 1.54) is 0 Å². The number of aryl methyl sites for hydroxylation is 1. The lowest BCUT2D eigenvalue weighted by atomic mass is 10.2. The number of carbonyl (C=O) groups excluding carboxylic acids is 1. The molecule has 2 aromatic rings. The van der Waals surface area contributed by atoms with Gasteiger partial charge in [-0.3, -0.25) is 4.79 Å². The number of sulfonamides is 1. The quantitative estimate of drug-likeness (QED) is 0.877. The van der Waals surface area contributed by atoms with E-state index in [1.54, 1.807) is 36.0 Å². The average molecular weight is 356 g/mol. The summed E-state index contributed by atoms with van der Waals surface area (Å²) in [4.78, 5) is 12.5. The maximum Gasteiger partial charge on any atom is 0.266 e. The predicted molar refractivity (Wildman–Crippen MR) is 90.2 cm³/mol. The first-order chi connectivity index (χ1) is 10.9. The van der Waals surface area contributed by atoms with E-state index in [9.17, 15) is 13.2 Å². The largest absolute Gasteiger partial charge is 0.349 e. The smallest absolute Gasteiger partial charge is 0.266 e. The molecule has 1 fully saturated rings. The molecule has 2 N–H and O–H groups in total. The van der Waals surface area contributed by atoms with Gasteiger partial charge in [0.2, 0.25) is 10.0 Å². The van der Waals surface area contributed by atoms with Crippen LogP contribution in [0.2, 0.25) is 5.02 Å². The van der Waals surface area contributed by atoms with Gasteiger partial charge >= 0.3 is 0 Å². The number of nitrogens with zero attached hydrogens (tertiary/aromatic N) is 1. The molecule has 0 atom stereocenters. The van der Waals surface area contributed by atoms with Crippen molar-refractivity contribution < 1.29 is 13.2 Å². The summed E-state index contributed by atoms with van der Waals surface area (Å²) in [6.45, 7) is 1.29. The number of para-hydroxylation sites is 1. The third-order valence-corrected chi connectivity index (χ3v) is 6.28. The zero-order chi connectivity index (χ0) is 16.6. The van der Waals surface area contributed by atoms with Gasteiger partial charge in [0, 0.05) is 18.6 Å². The number of amides is 1. The van der Waals surface area contributed by atoms with Gasteiger partial charge in [-0.05, 0) is 32.0 Å². The summed E-state index contributed by atoms with van der Waals surface area (Å²) >= 11 is 6.16. The molecular weight excluding hydrogens is 338 g/mol. The van der Waals surface area contributed by atoms with Gasteiger partial charge in [0.1, 0.15) is 0 Å². The first-order valence-corrected chi connectivity index (χ1v) is 9.33. The Morgan fingerprint density at radius 1 is 1.35 bits per heavy atom. The van der Waals surface area contributed by atoms with Gasteiger partial charge in [-0.15, -0.1) is 0 Å². The van der Waals surface area contributed by atoms with Crippen molar-refractivity contribution in [2.24, 2.45) is 7.05 Å². The highest BCUT2D eigenvalue weighted by Gasteiger charge is 2.29. The number of fused-ring (bicyclic) bond motifs is 1. The van der Waals surface area contributed by atoms with Gasteiger partial charge in [0.15, 0.2) is 0 Å². The molecule has 1 aliphatic heterocycles. The fourth-order valence-electron chi connectivity index (χ4n) is 2.97. The van der Waals surface area contributed by atoms with Gasteiger partial charge in [0.25, 0.3) is 5.91 Å². The summed E-state index contributed by atoms with van der Waals surface area (Å²) in [5.74, 6) is -0.614. The second-order valence-corrected chi connectivity index (χ2v) is 8.08. The summed E-state index contributed by atoms with van der Waals surface area (Å²) in [5.41, 5.74) is 1.01. The lowest BCUT2D eigenvalue weighted by Gasteiger charge is -2.22. The van der Waals surface area contributed by atoms with Gasteiger partial charge < -0.3 is 9.88 Å². The minimum absolute atomic E-state index is 0.308. The first-order valence-electron chi connectivity index (χ1n) is 7.40. The molecule has 0 aliphatic carbocycles. The summed E-state index contributed by atoms with van der Waals surface area (Å²) in [5, 5.41) is 3.73. The van der Waals surface area contributed by atoms with Crippen LogP contribution in [0, 0.1) is 0 Å². The van der Waals surface area contributed by atoms with Crippen LogP contribution >= 0.6 is 11.6 Å². The van der Waals surface area contributed by atoms with Gasteiger partial charge in [-0.2, -0.15) is 0 Å². The highest BCUT2D eigenvalue weighted by Crippen LogP contribution is 2.27. The van der Waals surface area contributed by atoms with Crippen molar-refractivity contribution in [3.63, 3.8) is 0 Å². The van der Waals surface area contributed by atoms with Crippen LogP contribution in [-0.4, -0.2) is 37.2 Å². The van der Waals surface area contributed by atoms with Gasteiger partial charge in [0.05, 0.1) is 21.4 Å². The zero-order valence-electron chi connectivity index (χ0n) is 12.7. The van der Waals surface area contributed by atoms with E-state index >= 15 is 0 Å². The Balaban J connectivity index is 1.91. The number of piperidine rings is 1. The molecule has 6 nitrogen and oxygen atoms in total. The van der Waals surface area contributed by atoms with Crippen molar-refractivity contribution >= 4 is 38.4 Å². The van der Waals surface area contributed by atoms with Crippen LogP contribution in [-0.2, 0) is 17.1 Å². The highest BCUT2D eigenvalue weighted by molar-refractivity contribution is 7.90. The third kappa shape index (κ3) is 3.08. The van der Waals surface area contributed by atoms with E-state index in [0.29, 0.717) is 47.4 Å². The van der Waals surface area contributed by atoms with Crippen molar-refractivity contribution in [2.45, 2.75) is 18.1 Å². The summed E-state index contributed by atoms with van der Waals surface area (Å²) in [6.07, 6.45) is 2.61. The topological polar surface area (TPSA) is 80.2 Å². The van der Waals surface area contributed by atoms with Crippen LogP contribution in [0.25, 0.3) is 10.9 Å². The maximum atomic E-state index is 12.5. The molecule has 23 heavy (non-hydrogen) atoms. The minimum atomic E-state index is -3.68. The number of rotatable bonds is 3. The van der Waals surface area contributed by atoms with Crippen LogP contribution in [0.4, 0.5) is 0 Å². The number of aromatic nitrogens is 1. The zero-order valence-corrected chi connectivity index (χ0v) is 14.2. The molecular formula is C15H18ClN3O3S. The average Bonchev–Trinajstić information content (AvgIpc) is 2.86. The first kappa shape index (κ1) is 16.3. The molecule has 1 aromatic carbocycles. The Labute approximate surface area is 139 Å². The molecule has 2 heterocycles. The van der Waals surface area contributed by atoms with Gasteiger partial charge in [-0.25, -0.2) is 13.1 Å². The van der Waals surface area contributed by atoms with Crippen molar-refractivity contribution in [2.75, 3.05) is 13.1 Å². The fraction of sp³-hybridized carbons (Fsp3) is 0.400. The fourth-order valence-corrected chi connectivity index (χ4v) is 4.67. The Morgan fingerprint density at radius 2 is 2.04 bits per heavy atom. The highest BCUT2D eigenvalue weighted by atomic mass is 35.5. The van der Waals surface area contributed by atoms with E-state index in [4.69, 9.17) is 11.6 Å². The number of hydrogen-bond acceptors (Lipinski definition) is 4.